The van der Waals surface area contributed by atoms with E-state index in [0.717, 1.165) is 25.2 Å². The molecule has 0 N–H and O–H groups in total. The Hall–Kier alpha value is -0.0100. The number of hydrogen-bond acceptors (Lipinski definition) is 1. The van der Waals surface area contributed by atoms with Crippen molar-refractivity contribution in [1.29, 1.82) is 0 Å². The Morgan fingerprint density at radius 3 is 1.86 bits per heavy atom. The highest BCUT2D eigenvalue weighted by Gasteiger charge is 2.09. The molecule has 0 rings (SSSR count). The first-order valence-corrected chi connectivity index (χ1v) is 5.94. The Morgan fingerprint density at radius 1 is 1.14 bits per heavy atom. The first-order valence-electron chi connectivity index (χ1n) is 5.40. The second-order valence-electron chi connectivity index (χ2n) is 4.87. The van der Waals surface area contributed by atoms with Crippen LogP contribution in [0.15, 0.2) is 12.2 Å². The van der Waals surface area contributed by atoms with Crippen LogP contribution in [0.4, 0.5) is 0 Å². The van der Waals surface area contributed by atoms with Crippen LogP contribution in [-0.2, 0) is 0 Å². The van der Waals surface area contributed by atoms with Crippen LogP contribution in [0.3, 0.4) is 0 Å². The van der Waals surface area contributed by atoms with Crippen LogP contribution in [0.25, 0.3) is 0 Å². The molecule has 0 saturated carbocycles. The lowest BCUT2D eigenvalue weighted by molar-refractivity contribution is 0.236. The molecule has 1 nitrogen and oxygen atoms in total. The second kappa shape index (κ2) is 7.30. The molecule has 0 aromatic rings. The van der Waals surface area contributed by atoms with Crippen LogP contribution in [-0.4, -0.2) is 30.4 Å². The fraction of sp³-hybridized carbons (Fsp3) is 0.833. The number of halogens is 1. The highest BCUT2D eigenvalue weighted by atomic mass is 35.5. The minimum absolute atomic E-state index is 0.576. The van der Waals surface area contributed by atoms with E-state index >= 15 is 0 Å². The van der Waals surface area contributed by atoms with Crippen molar-refractivity contribution in [2.24, 2.45) is 11.8 Å². The molecule has 0 heterocycles. The van der Waals surface area contributed by atoms with E-state index < -0.39 is 0 Å². The SMILES string of the molecule is C=C(CCl)CN(CC(C)C)CC(C)C. The molecule has 14 heavy (non-hydrogen) atoms. The summed E-state index contributed by atoms with van der Waals surface area (Å²) in [7, 11) is 0. The van der Waals surface area contributed by atoms with Gasteiger partial charge in [-0.3, -0.25) is 4.90 Å². The van der Waals surface area contributed by atoms with Crippen molar-refractivity contribution < 1.29 is 0 Å². The second-order valence-corrected chi connectivity index (χ2v) is 5.13. The predicted molar refractivity (Wildman–Crippen MR) is 66.0 cm³/mol. The highest BCUT2D eigenvalue weighted by Crippen LogP contribution is 2.07. The molecule has 0 aromatic heterocycles. The third kappa shape index (κ3) is 7.40. The maximum absolute atomic E-state index is 5.74. The fourth-order valence-corrected chi connectivity index (χ4v) is 1.68. The summed E-state index contributed by atoms with van der Waals surface area (Å²) in [4.78, 5) is 2.44. The third-order valence-corrected chi connectivity index (χ3v) is 2.26. The lowest BCUT2D eigenvalue weighted by atomic mass is 10.1. The molecule has 0 spiro atoms. The van der Waals surface area contributed by atoms with E-state index in [2.05, 4.69) is 39.2 Å². The van der Waals surface area contributed by atoms with Crippen LogP contribution in [0.2, 0.25) is 0 Å². The summed E-state index contributed by atoms with van der Waals surface area (Å²) >= 11 is 5.74. The Bertz CT molecular complexity index is 154. The van der Waals surface area contributed by atoms with Crippen molar-refractivity contribution >= 4 is 11.6 Å². The standard InChI is InChI=1S/C12H24ClN/c1-10(2)7-14(8-11(3)4)9-12(5)6-13/h10-11H,5-9H2,1-4H3. The number of alkyl halides is 1. The van der Waals surface area contributed by atoms with E-state index in [-0.39, 0.29) is 0 Å². The third-order valence-electron chi connectivity index (χ3n) is 1.88. The minimum atomic E-state index is 0.576. The Labute approximate surface area is 94.1 Å². The first-order chi connectivity index (χ1) is 6.45. The molecule has 0 fully saturated rings. The van der Waals surface area contributed by atoms with Crippen molar-refractivity contribution in [3.05, 3.63) is 12.2 Å². The van der Waals surface area contributed by atoms with Gasteiger partial charge in [0.2, 0.25) is 0 Å². The van der Waals surface area contributed by atoms with Gasteiger partial charge in [-0.25, -0.2) is 0 Å². The Morgan fingerprint density at radius 2 is 1.57 bits per heavy atom. The highest BCUT2D eigenvalue weighted by molar-refractivity contribution is 6.19. The summed E-state index contributed by atoms with van der Waals surface area (Å²) in [5.74, 6) is 1.99. The smallest absolute Gasteiger partial charge is 0.0443 e. The average Bonchev–Trinajstić information content (AvgIpc) is 2.01. The minimum Gasteiger partial charge on any atom is -0.299 e. The van der Waals surface area contributed by atoms with Gasteiger partial charge in [-0.15, -0.1) is 11.6 Å². The molecule has 0 atom stereocenters. The number of hydrogen-bond donors (Lipinski definition) is 0. The van der Waals surface area contributed by atoms with Gasteiger partial charge in [0, 0.05) is 25.5 Å². The van der Waals surface area contributed by atoms with Crippen molar-refractivity contribution in [1.82, 2.24) is 4.90 Å². The molecule has 2 heteroatoms. The van der Waals surface area contributed by atoms with Gasteiger partial charge in [-0.05, 0) is 17.4 Å². The van der Waals surface area contributed by atoms with Crippen molar-refractivity contribution in [3.63, 3.8) is 0 Å². The summed E-state index contributed by atoms with van der Waals surface area (Å²) in [5.41, 5.74) is 1.12. The van der Waals surface area contributed by atoms with E-state index in [1.807, 2.05) is 0 Å². The van der Waals surface area contributed by atoms with E-state index in [0.29, 0.717) is 17.7 Å². The van der Waals surface area contributed by atoms with Gasteiger partial charge in [0.05, 0.1) is 0 Å². The van der Waals surface area contributed by atoms with Crippen LogP contribution in [0.5, 0.6) is 0 Å². The molecule has 0 unspecified atom stereocenters. The molecule has 0 aromatic carbocycles. The molecule has 84 valence electrons. The van der Waals surface area contributed by atoms with E-state index in [1.54, 1.807) is 0 Å². The first kappa shape index (κ1) is 14.0. The van der Waals surface area contributed by atoms with Crippen LogP contribution in [0.1, 0.15) is 27.7 Å². The summed E-state index contributed by atoms with van der Waals surface area (Å²) in [6.07, 6.45) is 0. The van der Waals surface area contributed by atoms with Crippen molar-refractivity contribution in [2.45, 2.75) is 27.7 Å². The topological polar surface area (TPSA) is 3.24 Å². The normalized spacial score (nSPS) is 11.7. The largest absolute Gasteiger partial charge is 0.299 e. The average molecular weight is 218 g/mol. The van der Waals surface area contributed by atoms with Crippen molar-refractivity contribution in [2.75, 3.05) is 25.5 Å². The van der Waals surface area contributed by atoms with Gasteiger partial charge in [0.15, 0.2) is 0 Å². The predicted octanol–water partition coefficient (Wildman–Crippen LogP) is 3.40. The number of rotatable bonds is 7. The molecule has 0 bridgehead atoms. The van der Waals surface area contributed by atoms with Crippen LogP contribution < -0.4 is 0 Å². The maximum atomic E-state index is 5.74. The lowest BCUT2D eigenvalue weighted by Gasteiger charge is -2.26. The van der Waals surface area contributed by atoms with Gasteiger partial charge >= 0.3 is 0 Å². The Kier molecular flexibility index (Phi) is 7.30. The lowest BCUT2D eigenvalue weighted by Crippen LogP contribution is -2.33. The molecule has 0 radical (unpaired) electrons. The zero-order valence-electron chi connectivity index (χ0n) is 10.0. The van der Waals surface area contributed by atoms with Gasteiger partial charge in [0.25, 0.3) is 0 Å². The summed E-state index contributed by atoms with van der Waals surface area (Å²) in [6.45, 7) is 16.2. The quantitative estimate of drug-likeness (QED) is 0.467. The zero-order chi connectivity index (χ0) is 11.1. The van der Waals surface area contributed by atoms with Gasteiger partial charge in [-0.2, -0.15) is 0 Å². The van der Waals surface area contributed by atoms with Gasteiger partial charge in [0.1, 0.15) is 0 Å². The summed E-state index contributed by atoms with van der Waals surface area (Å²) < 4.78 is 0. The van der Waals surface area contributed by atoms with Crippen molar-refractivity contribution in [3.8, 4) is 0 Å². The molecular formula is C12H24ClN. The fourth-order valence-electron chi connectivity index (χ4n) is 1.59. The van der Waals surface area contributed by atoms with E-state index in [9.17, 15) is 0 Å². The molecule has 0 aliphatic carbocycles. The van der Waals surface area contributed by atoms with Gasteiger partial charge in [-0.1, -0.05) is 34.3 Å². The molecule has 0 aliphatic rings. The summed E-state index contributed by atoms with van der Waals surface area (Å²) in [5, 5.41) is 0. The summed E-state index contributed by atoms with van der Waals surface area (Å²) in [6, 6.07) is 0. The molecule has 0 saturated heterocycles. The maximum Gasteiger partial charge on any atom is 0.0443 e. The molecule has 0 aliphatic heterocycles. The van der Waals surface area contributed by atoms with E-state index in [4.69, 9.17) is 11.6 Å². The number of nitrogens with zero attached hydrogens (tertiary/aromatic N) is 1. The molecule has 0 amide bonds. The van der Waals surface area contributed by atoms with E-state index in [1.165, 1.54) is 0 Å². The molecular weight excluding hydrogens is 194 g/mol. The Balaban J connectivity index is 4.03. The monoisotopic (exact) mass is 217 g/mol. The van der Waals surface area contributed by atoms with Gasteiger partial charge < -0.3 is 0 Å². The van der Waals surface area contributed by atoms with Crippen LogP contribution in [0, 0.1) is 11.8 Å². The van der Waals surface area contributed by atoms with Crippen LogP contribution >= 0.6 is 11.6 Å². The zero-order valence-corrected chi connectivity index (χ0v) is 10.8.